The molecule has 2 aromatic rings. The zero-order valence-electron chi connectivity index (χ0n) is 10.2. The zero-order valence-corrected chi connectivity index (χ0v) is 10.2. The van der Waals surface area contributed by atoms with Crippen molar-refractivity contribution in [1.29, 1.82) is 0 Å². The summed E-state index contributed by atoms with van der Waals surface area (Å²) in [7, 11) is 1.91. The van der Waals surface area contributed by atoms with Crippen molar-refractivity contribution >= 4 is 11.0 Å². The molecule has 0 fully saturated rings. The number of aryl methyl sites for hydroxylation is 2. The predicted molar refractivity (Wildman–Crippen MR) is 68.4 cm³/mol. The molecule has 0 aliphatic heterocycles. The fourth-order valence-corrected chi connectivity index (χ4v) is 1.84. The lowest BCUT2D eigenvalue weighted by atomic mass is 10.2. The van der Waals surface area contributed by atoms with Crippen LogP contribution in [0.5, 0.6) is 0 Å². The maximum absolute atomic E-state index is 5.19. The molecule has 0 saturated heterocycles. The van der Waals surface area contributed by atoms with Crippen LogP contribution in [-0.2, 0) is 13.6 Å². The Hall–Kier alpha value is -1.86. The van der Waals surface area contributed by atoms with Gasteiger partial charge in [0.1, 0.15) is 0 Å². The normalized spacial score (nSPS) is 10.6. The molecule has 4 heteroatoms. The molecule has 4 nitrogen and oxygen atoms in total. The molecule has 2 rings (SSSR count). The molecule has 0 atom stereocenters. The van der Waals surface area contributed by atoms with Crippen LogP contribution in [0, 0.1) is 19.3 Å². The van der Waals surface area contributed by atoms with Crippen LogP contribution in [0.4, 0.5) is 0 Å². The Balaban J connectivity index is 2.15. The molecule has 0 aliphatic rings. The van der Waals surface area contributed by atoms with Gasteiger partial charge in [0, 0.05) is 38.1 Å². The summed E-state index contributed by atoms with van der Waals surface area (Å²) in [5.74, 6) is 2.60. The molecule has 17 heavy (non-hydrogen) atoms. The lowest BCUT2D eigenvalue weighted by Crippen LogP contribution is -2.14. The van der Waals surface area contributed by atoms with E-state index in [1.54, 1.807) is 4.68 Å². The van der Waals surface area contributed by atoms with Crippen LogP contribution in [0.25, 0.3) is 11.0 Å². The van der Waals surface area contributed by atoms with Crippen LogP contribution in [0.2, 0.25) is 0 Å². The Morgan fingerprint density at radius 2 is 2.35 bits per heavy atom. The Kier molecular flexibility index (Phi) is 3.40. The summed E-state index contributed by atoms with van der Waals surface area (Å²) in [5, 5.41) is 8.75. The molecule has 0 saturated carbocycles. The van der Waals surface area contributed by atoms with Gasteiger partial charge in [0.15, 0.2) is 5.65 Å². The van der Waals surface area contributed by atoms with Gasteiger partial charge in [-0.3, -0.25) is 4.68 Å². The second-order valence-corrected chi connectivity index (χ2v) is 4.05. The van der Waals surface area contributed by atoms with Gasteiger partial charge in [-0.2, -0.15) is 5.10 Å². The molecule has 0 aliphatic carbocycles. The van der Waals surface area contributed by atoms with Gasteiger partial charge >= 0.3 is 0 Å². The van der Waals surface area contributed by atoms with Gasteiger partial charge in [-0.1, -0.05) is 0 Å². The van der Waals surface area contributed by atoms with E-state index in [1.807, 2.05) is 20.2 Å². The van der Waals surface area contributed by atoms with Gasteiger partial charge < -0.3 is 5.32 Å². The Morgan fingerprint density at radius 3 is 3.12 bits per heavy atom. The number of nitrogens with zero attached hydrogens (tertiary/aromatic N) is 3. The van der Waals surface area contributed by atoms with Gasteiger partial charge in [0.2, 0.25) is 0 Å². The number of pyridine rings is 1. The van der Waals surface area contributed by atoms with Crippen LogP contribution in [0.15, 0.2) is 12.3 Å². The molecule has 0 radical (unpaired) electrons. The number of terminal acetylenes is 1. The molecule has 0 aromatic carbocycles. The number of nitrogens with one attached hydrogen (secondary N) is 1. The topological polar surface area (TPSA) is 42.7 Å². The average Bonchev–Trinajstić information content (AvgIpc) is 2.61. The Bertz CT molecular complexity index is 563. The van der Waals surface area contributed by atoms with Crippen molar-refractivity contribution in [3.8, 4) is 12.3 Å². The van der Waals surface area contributed by atoms with E-state index in [4.69, 9.17) is 6.42 Å². The van der Waals surface area contributed by atoms with Gasteiger partial charge in [0.05, 0.1) is 5.69 Å². The highest BCUT2D eigenvalue weighted by atomic mass is 15.3. The maximum atomic E-state index is 5.19. The van der Waals surface area contributed by atoms with Crippen LogP contribution < -0.4 is 5.32 Å². The Labute approximate surface area is 101 Å². The van der Waals surface area contributed by atoms with Crippen molar-refractivity contribution in [3.63, 3.8) is 0 Å². The zero-order chi connectivity index (χ0) is 12.3. The predicted octanol–water partition coefficient (Wildman–Crippen LogP) is 1.39. The van der Waals surface area contributed by atoms with E-state index in [2.05, 4.69) is 27.4 Å². The SMILES string of the molecule is C#CCCNCc1cnc2c(c1)c(C)nn2C. The summed E-state index contributed by atoms with van der Waals surface area (Å²) in [6, 6.07) is 2.13. The van der Waals surface area contributed by atoms with Gasteiger partial charge in [0.25, 0.3) is 0 Å². The second kappa shape index (κ2) is 4.98. The second-order valence-electron chi connectivity index (χ2n) is 4.05. The van der Waals surface area contributed by atoms with Crippen LogP contribution >= 0.6 is 0 Å². The lowest BCUT2D eigenvalue weighted by molar-refractivity contribution is 0.700. The number of hydrogen-bond donors (Lipinski definition) is 1. The first-order valence-corrected chi connectivity index (χ1v) is 5.65. The smallest absolute Gasteiger partial charge is 0.157 e. The molecule has 88 valence electrons. The van der Waals surface area contributed by atoms with Gasteiger partial charge in [-0.25, -0.2) is 4.98 Å². The first-order chi connectivity index (χ1) is 8.22. The Morgan fingerprint density at radius 1 is 1.53 bits per heavy atom. The first-order valence-electron chi connectivity index (χ1n) is 5.65. The van der Waals surface area contributed by atoms with E-state index in [1.165, 1.54) is 0 Å². The van der Waals surface area contributed by atoms with Crippen molar-refractivity contribution < 1.29 is 0 Å². The summed E-state index contributed by atoms with van der Waals surface area (Å²) in [6.45, 7) is 3.62. The fourth-order valence-electron chi connectivity index (χ4n) is 1.84. The average molecular weight is 228 g/mol. The lowest BCUT2D eigenvalue weighted by Gasteiger charge is -2.02. The summed E-state index contributed by atoms with van der Waals surface area (Å²) in [6.07, 6.45) is 7.82. The minimum Gasteiger partial charge on any atom is -0.312 e. The van der Waals surface area contributed by atoms with E-state index in [-0.39, 0.29) is 0 Å². The third-order valence-electron chi connectivity index (χ3n) is 2.69. The molecule has 2 heterocycles. The third kappa shape index (κ3) is 2.45. The number of hydrogen-bond acceptors (Lipinski definition) is 3. The molecule has 2 aromatic heterocycles. The minimum absolute atomic E-state index is 0.752. The molecular formula is C13H16N4. The molecule has 0 amide bonds. The van der Waals surface area contributed by atoms with Gasteiger partial charge in [-0.15, -0.1) is 12.3 Å². The van der Waals surface area contributed by atoms with Crippen molar-refractivity contribution in [2.45, 2.75) is 19.9 Å². The van der Waals surface area contributed by atoms with Crippen molar-refractivity contribution in [1.82, 2.24) is 20.1 Å². The van der Waals surface area contributed by atoms with Crippen LogP contribution in [0.1, 0.15) is 17.7 Å². The monoisotopic (exact) mass is 228 g/mol. The highest BCUT2D eigenvalue weighted by molar-refractivity contribution is 5.78. The van der Waals surface area contributed by atoms with Crippen molar-refractivity contribution in [2.75, 3.05) is 6.54 Å². The van der Waals surface area contributed by atoms with E-state index < -0.39 is 0 Å². The maximum Gasteiger partial charge on any atom is 0.157 e. The highest BCUT2D eigenvalue weighted by Crippen LogP contribution is 2.16. The van der Waals surface area contributed by atoms with Crippen molar-refractivity contribution in [3.05, 3.63) is 23.5 Å². The highest BCUT2D eigenvalue weighted by Gasteiger charge is 2.06. The summed E-state index contributed by atoms with van der Waals surface area (Å²) >= 11 is 0. The largest absolute Gasteiger partial charge is 0.312 e. The molecular weight excluding hydrogens is 212 g/mol. The number of fused-ring (bicyclic) bond motifs is 1. The van der Waals surface area contributed by atoms with E-state index in [0.29, 0.717) is 0 Å². The summed E-state index contributed by atoms with van der Waals surface area (Å²) < 4.78 is 1.81. The van der Waals surface area contributed by atoms with E-state index >= 15 is 0 Å². The molecule has 0 spiro atoms. The van der Waals surface area contributed by atoms with Crippen LogP contribution in [-0.4, -0.2) is 21.3 Å². The van der Waals surface area contributed by atoms with Crippen LogP contribution in [0.3, 0.4) is 0 Å². The van der Waals surface area contributed by atoms with E-state index in [9.17, 15) is 0 Å². The standard InChI is InChI=1S/C13H16N4/c1-4-5-6-14-8-11-7-12-10(2)16-17(3)13(12)15-9-11/h1,7,9,14H,5-6,8H2,2-3H3. The summed E-state index contributed by atoms with van der Waals surface area (Å²) in [5.41, 5.74) is 3.10. The van der Waals surface area contributed by atoms with E-state index in [0.717, 1.165) is 41.8 Å². The van der Waals surface area contributed by atoms with Gasteiger partial charge in [-0.05, 0) is 18.6 Å². The molecule has 0 unspecified atom stereocenters. The third-order valence-corrected chi connectivity index (χ3v) is 2.69. The van der Waals surface area contributed by atoms with Crippen molar-refractivity contribution in [2.24, 2.45) is 7.05 Å². The first kappa shape index (κ1) is 11.6. The number of rotatable bonds is 4. The summed E-state index contributed by atoms with van der Waals surface area (Å²) in [4.78, 5) is 4.42. The number of aromatic nitrogens is 3. The molecule has 1 N–H and O–H groups in total. The quantitative estimate of drug-likeness (QED) is 0.635. The fraction of sp³-hybridized carbons (Fsp3) is 0.385. The minimum atomic E-state index is 0.752. The molecule has 0 bridgehead atoms.